The van der Waals surface area contributed by atoms with E-state index in [4.69, 9.17) is 8.83 Å². The van der Waals surface area contributed by atoms with E-state index in [-0.39, 0.29) is 22.8 Å². The Labute approximate surface area is 143 Å². The second-order valence-electron chi connectivity index (χ2n) is 5.58. The number of halogens is 1. The second-order valence-corrected chi connectivity index (χ2v) is 7.32. The molecule has 25 heavy (non-hydrogen) atoms. The molecule has 0 aliphatic carbocycles. The molecular formula is C17H16FNO5S. The summed E-state index contributed by atoms with van der Waals surface area (Å²) in [5, 5.41) is 11.0. The van der Waals surface area contributed by atoms with Crippen molar-refractivity contribution in [3.63, 3.8) is 0 Å². The van der Waals surface area contributed by atoms with Gasteiger partial charge in [0.05, 0.1) is 30.2 Å². The van der Waals surface area contributed by atoms with Crippen molar-refractivity contribution in [2.24, 2.45) is 0 Å². The van der Waals surface area contributed by atoms with Gasteiger partial charge in [-0.3, -0.25) is 0 Å². The lowest BCUT2D eigenvalue weighted by atomic mass is 9.94. The molecule has 1 unspecified atom stereocenters. The van der Waals surface area contributed by atoms with E-state index in [1.165, 1.54) is 43.9 Å². The standard InChI is InChI=1S/C17H16FNO5S/c1-12-9-14(18)4-5-15(12)25(21,22)19-11-17(20,13-6-8-23-10-13)16-3-2-7-24-16/h2-10,19-20H,11H2,1H3. The quantitative estimate of drug-likeness (QED) is 0.700. The van der Waals surface area contributed by atoms with Gasteiger partial charge in [-0.15, -0.1) is 0 Å². The van der Waals surface area contributed by atoms with Gasteiger partial charge in [0.25, 0.3) is 0 Å². The smallest absolute Gasteiger partial charge is 0.240 e. The molecule has 3 rings (SSSR count). The lowest BCUT2D eigenvalue weighted by Crippen LogP contribution is -2.41. The van der Waals surface area contributed by atoms with Crippen LogP contribution >= 0.6 is 0 Å². The lowest BCUT2D eigenvalue weighted by molar-refractivity contribution is 0.0613. The Bertz CT molecular complexity index is 915. The van der Waals surface area contributed by atoms with Gasteiger partial charge in [0.1, 0.15) is 11.6 Å². The molecule has 0 spiro atoms. The molecule has 1 atom stereocenters. The van der Waals surface area contributed by atoms with Crippen LogP contribution in [0.2, 0.25) is 0 Å². The second kappa shape index (κ2) is 6.47. The molecule has 1 aromatic carbocycles. The largest absolute Gasteiger partial charge is 0.472 e. The Hall–Kier alpha value is -2.42. The number of hydrogen-bond acceptors (Lipinski definition) is 5. The van der Waals surface area contributed by atoms with Crippen molar-refractivity contribution in [2.75, 3.05) is 6.54 Å². The van der Waals surface area contributed by atoms with Crippen LogP contribution in [0.3, 0.4) is 0 Å². The third kappa shape index (κ3) is 3.37. The highest BCUT2D eigenvalue weighted by Crippen LogP contribution is 2.30. The molecule has 0 radical (unpaired) electrons. The van der Waals surface area contributed by atoms with Gasteiger partial charge in [-0.05, 0) is 48.9 Å². The minimum absolute atomic E-state index is 0.0668. The van der Waals surface area contributed by atoms with Gasteiger partial charge in [-0.2, -0.15) is 0 Å². The fraction of sp³-hybridized carbons (Fsp3) is 0.176. The summed E-state index contributed by atoms with van der Waals surface area (Å²) in [6, 6.07) is 8.00. The van der Waals surface area contributed by atoms with E-state index in [0.29, 0.717) is 5.56 Å². The highest BCUT2D eigenvalue weighted by Gasteiger charge is 2.37. The molecule has 0 saturated carbocycles. The molecule has 2 aromatic heterocycles. The molecule has 0 fully saturated rings. The van der Waals surface area contributed by atoms with E-state index in [2.05, 4.69) is 4.72 Å². The first kappa shape index (κ1) is 17.4. The van der Waals surface area contributed by atoms with Crippen molar-refractivity contribution >= 4 is 10.0 Å². The predicted octanol–water partition coefficient (Wildman–Crippen LogP) is 2.53. The Morgan fingerprint density at radius 1 is 1.24 bits per heavy atom. The summed E-state index contributed by atoms with van der Waals surface area (Å²) >= 11 is 0. The van der Waals surface area contributed by atoms with Gasteiger partial charge >= 0.3 is 0 Å². The fourth-order valence-corrected chi connectivity index (χ4v) is 3.82. The summed E-state index contributed by atoms with van der Waals surface area (Å²) in [5.41, 5.74) is -1.16. The van der Waals surface area contributed by atoms with E-state index in [1.54, 1.807) is 6.07 Å². The highest BCUT2D eigenvalue weighted by molar-refractivity contribution is 7.89. The van der Waals surface area contributed by atoms with Gasteiger partial charge < -0.3 is 13.9 Å². The third-order valence-corrected chi connectivity index (χ3v) is 5.43. The first-order chi connectivity index (χ1) is 11.8. The molecule has 2 N–H and O–H groups in total. The molecule has 8 heteroatoms. The van der Waals surface area contributed by atoms with Crippen LogP contribution in [0.25, 0.3) is 0 Å². The van der Waals surface area contributed by atoms with Crippen LogP contribution in [-0.4, -0.2) is 20.1 Å². The summed E-state index contributed by atoms with van der Waals surface area (Å²) in [4.78, 5) is -0.0668. The third-order valence-electron chi connectivity index (χ3n) is 3.87. The normalized spacial score (nSPS) is 14.4. The zero-order valence-electron chi connectivity index (χ0n) is 13.3. The Kier molecular flexibility index (Phi) is 4.51. The van der Waals surface area contributed by atoms with Gasteiger partial charge in [0.15, 0.2) is 5.60 Å². The van der Waals surface area contributed by atoms with E-state index in [9.17, 15) is 17.9 Å². The SMILES string of the molecule is Cc1cc(F)ccc1S(=O)(=O)NCC(O)(c1ccoc1)c1ccco1. The summed E-state index contributed by atoms with van der Waals surface area (Å²) in [5.74, 6) is -0.366. The molecule has 3 aromatic rings. The van der Waals surface area contributed by atoms with Crippen LogP contribution in [0.1, 0.15) is 16.9 Å². The lowest BCUT2D eigenvalue weighted by Gasteiger charge is -2.25. The maximum atomic E-state index is 13.2. The Morgan fingerprint density at radius 2 is 2.04 bits per heavy atom. The zero-order valence-corrected chi connectivity index (χ0v) is 14.1. The number of aliphatic hydroxyl groups is 1. The molecule has 0 amide bonds. The van der Waals surface area contributed by atoms with Gasteiger partial charge in [0, 0.05) is 5.56 Å². The number of aryl methyl sites for hydroxylation is 1. The van der Waals surface area contributed by atoms with Crippen molar-refractivity contribution in [1.82, 2.24) is 4.72 Å². The number of nitrogens with one attached hydrogen (secondary N) is 1. The van der Waals surface area contributed by atoms with Crippen molar-refractivity contribution in [2.45, 2.75) is 17.4 Å². The summed E-state index contributed by atoms with van der Waals surface area (Å²) < 4.78 is 50.9. The molecule has 0 saturated heterocycles. The molecular weight excluding hydrogens is 349 g/mol. The molecule has 6 nitrogen and oxygen atoms in total. The maximum Gasteiger partial charge on any atom is 0.240 e. The van der Waals surface area contributed by atoms with Crippen LogP contribution in [0.5, 0.6) is 0 Å². The topological polar surface area (TPSA) is 92.7 Å². The number of hydrogen-bond donors (Lipinski definition) is 2. The van der Waals surface area contributed by atoms with Crippen LogP contribution in [0, 0.1) is 12.7 Å². The van der Waals surface area contributed by atoms with Gasteiger partial charge in [0.2, 0.25) is 10.0 Å². The van der Waals surface area contributed by atoms with E-state index in [1.807, 2.05) is 0 Å². The van der Waals surface area contributed by atoms with Crippen molar-refractivity contribution < 1.29 is 26.7 Å². The average molecular weight is 365 g/mol. The van der Waals surface area contributed by atoms with Crippen molar-refractivity contribution in [1.29, 1.82) is 0 Å². The van der Waals surface area contributed by atoms with E-state index >= 15 is 0 Å². The number of furan rings is 2. The zero-order chi connectivity index (χ0) is 18.1. The summed E-state index contributed by atoms with van der Waals surface area (Å²) in [6.07, 6.45) is 4.04. The average Bonchev–Trinajstić information content (AvgIpc) is 3.26. The predicted molar refractivity (Wildman–Crippen MR) is 86.7 cm³/mol. The molecule has 0 bridgehead atoms. The fourth-order valence-electron chi connectivity index (χ4n) is 2.54. The van der Waals surface area contributed by atoms with Crippen LogP contribution < -0.4 is 4.72 Å². The first-order valence-electron chi connectivity index (χ1n) is 7.38. The molecule has 0 aliphatic heterocycles. The molecule has 0 aliphatic rings. The van der Waals surface area contributed by atoms with Crippen molar-refractivity contribution in [3.8, 4) is 0 Å². The van der Waals surface area contributed by atoms with Crippen LogP contribution in [0.4, 0.5) is 4.39 Å². The summed E-state index contributed by atoms with van der Waals surface area (Å²) in [6.45, 7) is 1.10. The van der Waals surface area contributed by atoms with Gasteiger partial charge in [-0.1, -0.05) is 0 Å². The summed E-state index contributed by atoms with van der Waals surface area (Å²) in [7, 11) is -3.97. The minimum Gasteiger partial charge on any atom is -0.472 e. The van der Waals surface area contributed by atoms with Gasteiger partial charge in [-0.25, -0.2) is 17.5 Å². The van der Waals surface area contributed by atoms with Crippen LogP contribution in [-0.2, 0) is 15.6 Å². The Balaban J connectivity index is 1.91. The monoisotopic (exact) mass is 365 g/mol. The first-order valence-corrected chi connectivity index (χ1v) is 8.86. The van der Waals surface area contributed by atoms with Crippen LogP contribution in [0.15, 0.2) is 68.9 Å². The number of rotatable bonds is 6. The van der Waals surface area contributed by atoms with E-state index < -0.39 is 21.4 Å². The maximum absolute atomic E-state index is 13.2. The molecule has 2 heterocycles. The van der Waals surface area contributed by atoms with Crippen molar-refractivity contribution in [3.05, 3.63) is 77.9 Å². The van der Waals surface area contributed by atoms with E-state index in [0.717, 1.165) is 12.1 Å². The minimum atomic E-state index is -3.97. The number of benzene rings is 1. The molecule has 132 valence electrons. The highest BCUT2D eigenvalue weighted by atomic mass is 32.2. The number of sulfonamides is 1. The Morgan fingerprint density at radius 3 is 2.64 bits per heavy atom.